The third-order valence-corrected chi connectivity index (χ3v) is 7.28. The first-order chi connectivity index (χ1) is 18.4. The molecule has 1 unspecified atom stereocenters. The van der Waals surface area contributed by atoms with Gasteiger partial charge < -0.3 is 39.5 Å². The Balaban J connectivity index is -0.000000583. The first kappa shape index (κ1) is 44.2. The number of allylic oxidation sites excluding steroid dienone is 5. The van der Waals surface area contributed by atoms with Crippen LogP contribution in [-0.4, -0.2) is 61.1 Å². The Morgan fingerprint density at radius 1 is 1.22 bits per heavy atom. The number of amides is 2. The van der Waals surface area contributed by atoms with Crippen LogP contribution in [0.25, 0.3) is 0 Å². The third kappa shape index (κ3) is 17.5. The Hall–Kier alpha value is -1.22. The van der Waals surface area contributed by atoms with E-state index in [1.807, 2.05) is 45.7 Å². The van der Waals surface area contributed by atoms with Gasteiger partial charge in [-0.25, -0.2) is 0 Å². The van der Waals surface area contributed by atoms with Gasteiger partial charge in [-0.05, 0) is 44.7 Å². The molecule has 0 aromatic carbocycles. The van der Waals surface area contributed by atoms with E-state index in [0.717, 1.165) is 25.1 Å². The summed E-state index contributed by atoms with van der Waals surface area (Å²) in [5.74, 6) is 0.573. The molecule has 7 nitrogen and oxygen atoms in total. The van der Waals surface area contributed by atoms with Crippen molar-refractivity contribution in [1.82, 2.24) is 20.9 Å². The van der Waals surface area contributed by atoms with Crippen LogP contribution in [0, 0.1) is 19.3 Å². The van der Waals surface area contributed by atoms with Crippen molar-refractivity contribution in [2.24, 2.45) is 5.41 Å². The van der Waals surface area contributed by atoms with Crippen LogP contribution in [0.3, 0.4) is 0 Å². The summed E-state index contributed by atoms with van der Waals surface area (Å²) in [5, 5.41) is 9.15. The number of nitrogens with one attached hydrogen (secondary N) is 3. The summed E-state index contributed by atoms with van der Waals surface area (Å²) in [6.45, 7) is 21.0. The van der Waals surface area contributed by atoms with E-state index in [0.29, 0.717) is 13.0 Å². The maximum absolute atomic E-state index is 12.4. The molecule has 3 N–H and O–H groups in total. The fourth-order valence-corrected chi connectivity index (χ4v) is 5.06. The van der Waals surface area contributed by atoms with Gasteiger partial charge in [0.25, 0.3) is 0 Å². The molecule has 2 aliphatic rings. The van der Waals surface area contributed by atoms with Crippen LogP contribution in [0.5, 0.6) is 0 Å². The number of hydrogen-bond donors (Lipinski definition) is 3. The van der Waals surface area contributed by atoms with Crippen LogP contribution in [0.15, 0.2) is 46.6 Å². The maximum atomic E-state index is 12.4. The van der Waals surface area contributed by atoms with Gasteiger partial charge >= 0.3 is 0 Å². The molecule has 0 aromatic heterocycles. The standard InChI is InChI=1S/C13H22N2O3.C13H20N2S.C5H11.CH3.Y/c1-9(17)14-11(13(2,3)4)12(18)15-7-5-6-10(15)8-16;1-5-12(7-6-10(2)8-14-4)13-11(3)15-9-16-13;1-3-5-4-2;;/h8,10-11H,5-7H2,1-4H3,(H,14,17);5-7,14-15H,1,8-9H2,2-4H3;5H,3-4H2,1-2H3;1H3;/q;;2*-1;/b;10-6+,12-7+;;;/t10?,11-;;;;/m1..../s1. The largest absolute Gasteiger partial charge is 0.378 e. The first-order valence-corrected chi connectivity index (χ1v) is 14.9. The smallest absolute Gasteiger partial charge is 0.246 e. The minimum atomic E-state index is -0.587. The minimum absolute atomic E-state index is 0. The third-order valence-electron chi connectivity index (χ3n) is 6.16. The van der Waals surface area contributed by atoms with Gasteiger partial charge in [0, 0.05) is 63.3 Å². The van der Waals surface area contributed by atoms with Gasteiger partial charge in [-0.3, -0.25) is 9.59 Å². The Bertz CT molecular complexity index is 892. The number of nitrogens with zero attached hydrogens (tertiary/aromatic N) is 1. The normalized spacial score (nSPS) is 17.4. The second-order valence-electron chi connectivity index (χ2n) is 10.8. The van der Waals surface area contributed by atoms with Crippen molar-refractivity contribution >= 4 is 29.9 Å². The zero-order valence-electron chi connectivity index (χ0n) is 27.4. The van der Waals surface area contributed by atoms with Crippen molar-refractivity contribution in [3.05, 3.63) is 60.4 Å². The molecule has 233 valence electrons. The average molecular weight is 666 g/mol. The van der Waals surface area contributed by atoms with E-state index in [-0.39, 0.29) is 63.4 Å². The van der Waals surface area contributed by atoms with E-state index in [4.69, 9.17) is 0 Å². The van der Waals surface area contributed by atoms with Crippen LogP contribution in [0.4, 0.5) is 0 Å². The summed E-state index contributed by atoms with van der Waals surface area (Å²) < 4.78 is 0. The molecule has 2 aliphatic heterocycles. The van der Waals surface area contributed by atoms with Gasteiger partial charge in [-0.15, -0.1) is 11.8 Å². The van der Waals surface area contributed by atoms with E-state index < -0.39 is 6.04 Å². The van der Waals surface area contributed by atoms with E-state index in [2.05, 4.69) is 68.8 Å². The molecule has 41 heavy (non-hydrogen) atoms. The molecule has 0 spiro atoms. The molecular formula is C32H56N4O3SY-2. The number of likely N-dealkylation sites (N-methyl/N-ethyl adjacent to an activating group) is 1. The van der Waals surface area contributed by atoms with Crippen LogP contribution < -0.4 is 16.0 Å². The zero-order chi connectivity index (χ0) is 30.0. The molecule has 2 atom stereocenters. The van der Waals surface area contributed by atoms with Gasteiger partial charge in [-0.1, -0.05) is 65.0 Å². The molecule has 0 saturated carbocycles. The van der Waals surface area contributed by atoms with E-state index in [9.17, 15) is 14.4 Å². The molecule has 1 fully saturated rings. The molecule has 2 amide bonds. The van der Waals surface area contributed by atoms with Gasteiger partial charge in [0.15, 0.2) is 0 Å². The second kappa shape index (κ2) is 24.2. The van der Waals surface area contributed by atoms with Crippen molar-refractivity contribution in [3.63, 3.8) is 0 Å². The van der Waals surface area contributed by atoms with Crippen molar-refractivity contribution in [2.45, 2.75) is 93.2 Å². The van der Waals surface area contributed by atoms with Crippen molar-refractivity contribution in [2.75, 3.05) is 26.0 Å². The molecule has 2 heterocycles. The summed E-state index contributed by atoms with van der Waals surface area (Å²) >= 11 is 1.83. The van der Waals surface area contributed by atoms with Gasteiger partial charge in [0.05, 0.1) is 11.9 Å². The molecule has 1 saturated heterocycles. The van der Waals surface area contributed by atoms with Crippen molar-refractivity contribution in [3.8, 4) is 0 Å². The molecule has 0 bridgehead atoms. The Morgan fingerprint density at radius 2 is 1.83 bits per heavy atom. The van der Waals surface area contributed by atoms with E-state index in [1.54, 1.807) is 4.90 Å². The number of carbonyl (C=O) groups excluding carboxylic acids is 3. The van der Waals surface area contributed by atoms with Gasteiger partial charge in [-0.2, -0.15) is 12.8 Å². The molecule has 0 aliphatic carbocycles. The average Bonchev–Trinajstić information content (AvgIpc) is 3.52. The quantitative estimate of drug-likeness (QED) is 0.151. The molecule has 9 heteroatoms. The predicted octanol–water partition coefficient (Wildman–Crippen LogP) is 5.98. The minimum Gasteiger partial charge on any atom is -0.378 e. The Morgan fingerprint density at radius 3 is 2.22 bits per heavy atom. The summed E-state index contributed by atoms with van der Waals surface area (Å²) in [6, 6.07) is -0.924. The zero-order valence-corrected chi connectivity index (χ0v) is 31.0. The van der Waals surface area contributed by atoms with Crippen LogP contribution in [-0.2, 0) is 47.1 Å². The maximum Gasteiger partial charge on any atom is 0.246 e. The summed E-state index contributed by atoms with van der Waals surface area (Å²) in [7, 11) is 1.96. The molecule has 1 radical (unpaired) electrons. The number of aldehydes is 1. The number of carbonyl (C=O) groups is 3. The monoisotopic (exact) mass is 665 g/mol. The van der Waals surface area contributed by atoms with Crippen LogP contribution >= 0.6 is 11.8 Å². The number of hydrogen-bond acceptors (Lipinski definition) is 6. The molecule has 2 rings (SSSR count). The van der Waals surface area contributed by atoms with Crippen LogP contribution in [0.2, 0.25) is 0 Å². The Labute approximate surface area is 281 Å². The van der Waals surface area contributed by atoms with Gasteiger partial charge in [0.1, 0.15) is 12.3 Å². The SMILES string of the molecule is C=C/C(=C\C=C(/C)CNC)C1=C(C)NCS1.CC(=O)N[C@H](C(=O)N1CCCC1C=O)C(C)(C)C.CC[CH-]CC.[CH3-].[Y]. The van der Waals surface area contributed by atoms with E-state index >= 15 is 0 Å². The Kier molecular flexibility index (Phi) is 26.2. The van der Waals surface area contributed by atoms with Crippen LogP contribution in [0.1, 0.15) is 81.1 Å². The number of likely N-dealkylation sites (tertiary alicyclic amines) is 1. The fraction of sp³-hybridized carbons (Fsp3) is 0.594. The number of thioether (sulfide) groups is 1. The second-order valence-corrected chi connectivity index (χ2v) is 11.8. The fourth-order valence-electron chi connectivity index (χ4n) is 4.03. The molecular weight excluding hydrogens is 609 g/mol. The van der Waals surface area contributed by atoms with Crippen molar-refractivity contribution < 1.29 is 47.1 Å². The molecule has 0 aromatic rings. The van der Waals surface area contributed by atoms with E-state index in [1.165, 1.54) is 41.5 Å². The van der Waals surface area contributed by atoms with Crippen molar-refractivity contribution in [1.29, 1.82) is 0 Å². The first-order valence-electron chi connectivity index (χ1n) is 13.9. The summed E-state index contributed by atoms with van der Waals surface area (Å²) in [6.07, 6.45) is 13.3. The van der Waals surface area contributed by atoms with Gasteiger partial charge in [0.2, 0.25) is 11.8 Å². The summed E-state index contributed by atoms with van der Waals surface area (Å²) in [4.78, 5) is 37.5. The number of rotatable bonds is 10. The predicted molar refractivity (Wildman–Crippen MR) is 173 cm³/mol. The topological polar surface area (TPSA) is 90.5 Å². The summed E-state index contributed by atoms with van der Waals surface area (Å²) in [5.41, 5.74) is 3.38. The number of unbranched alkanes of at least 4 members (excludes halogenated alkanes) is 2.